The first-order valence-corrected chi connectivity index (χ1v) is 5.80. The summed E-state index contributed by atoms with van der Waals surface area (Å²) >= 11 is 1.04. The van der Waals surface area contributed by atoms with Crippen LogP contribution in [0.25, 0.3) is 0 Å². The molecule has 88 valence electrons. The normalized spacial score (nSPS) is 10.1. The summed E-state index contributed by atoms with van der Waals surface area (Å²) in [7, 11) is 0. The fourth-order valence-electron chi connectivity index (χ4n) is 1.29. The van der Waals surface area contributed by atoms with Gasteiger partial charge in [0.2, 0.25) is 0 Å². The number of nitro groups is 1. The Kier molecular flexibility index (Phi) is 3.61. The number of hydrogen-bond donors (Lipinski definition) is 1. The maximum Gasteiger partial charge on any atom is 0.345 e. The van der Waals surface area contributed by atoms with Gasteiger partial charge in [0.25, 0.3) is 0 Å². The number of nitrogens with zero attached hydrogens (tertiary/aromatic N) is 3. The van der Waals surface area contributed by atoms with Gasteiger partial charge in [0, 0.05) is 18.9 Å². The molecule has 0 saturated carbocycles. The molecule has 0 aromatic carbocycles. The van der Waals surface area contributed by atoms with E-state index < -0.39 is 4.92 Å². The highest BCUT2D eigenvalue weighted by molar-refractivity contribution is 7.18. The van der Waals surface area contributed by atoms with Crippen molar-refractivity contribution in [1.82, 2.24) is 9.97 Å². The zero-order chi connectivity index (χ0) is 12.1. The molecule has 0 unspecified atom stereocenters. The second kappa shape index (κ2) is 5.35. The van der Waals surface area contributed by atoms with Crippen molar-refractivity contribution >= 4 is 21.5 Å². The predicted octanol–water partition coefficient (Wildman–Crippen LogP) is 2.10. The molecule has 0 atom stereocenters. The molecule has 0 amide bonds. The Bertz CT molecular complexity index is 500. The Hall–Kier alpha value is -2.02. The minimum Gasteiger partial charge on any atom is -0.361 e. The first-order valence-electron chi connectivity index (χ1n) is 4.99. The highest BCUT2D eigenvalue weighted by Gasteiger charge is 2.10. The van der Waals surface area contributed by atoms with E-state index in [0.29, 0.717) is 11.7 Å². The smallest absolute Gasteiger partial charge is 0.345 e. The average molecular weight is 250 g/mol. The van der Waals surface area contributed by atoms with Crippen LogP contribution in [-0.2, 0) is 6.42 Å². The van der Waals surface area contributed by atoms with E-state index in [0.717, 1.165) is 17.8 Å². The van der Waals surface area contributed by atoms with E-state index in [1.807, 2.05) is 12.1 Å². The van der Waals surface area contributed by atoms with Gasteiger partial charge >= 0.3 is 5.00 Å². The van der Waals surface area contributed by atoms with Gasteiger partial charge in [0.15, 0.2) is 5.13 Å². The summed E-state index contributed by atoms with van der Waals surface area (Å²) in [5.74, 6) is 0. The van der Waals surface area contributed by atoms with Crippen LogP contribution in [-0.4, -0.2) is 21.4 Å². The topological polar surface area (TPSA) is 81.0 Å². The Balaban J connectivity index is 1.84. The molecule has 0 aliphatic carbocycles. The molecule has 2 aromatic rings. The third-order valence-corrected chi connectivity index (χ3v) is 3.02. The number of rotatable bonds is 5. The van der Waals surface area contributed by atoms with Gasteiger partial charge in [-0.15, -0.1) is 0 Å². The van der Waals surface area contributed by atoms with Gasteiger partial charge in [-0.3, -0.25) is 15.1 Å². The van der Waals surface area contributed by atoms with Crippen molar-refractivity contribution in [3.63, 3.8) is 0 Å². The van der Waals surface area contributed by atoms with E-state index in [1.54, 1.807) is 12.4 Å². The summed E-state index contributed by atoms with van der Waals surface area (Å²) in [6.45, 7) is 0.689. The molecule has 0 radical (unpaired) electrons. The van der Waals surface area contributed by atoms with Crippen molar-refractivity contribution in [2.45, 2.75) is 6.42 Å². The van der Waals surface area contributed by atoms with Crippen LogP contribution in [0.3, 0.4) is 0 Å². The van der Waals surface area contributed by atoms with Gasteiger partial charge in [-0.05, 0) is 35.5 Å². The Labute approximate surface area is 102 Å². The SMILES string of the molecule is O=[N+]([O-])c1cnc(NCCc2ccncc2)s1. The van der Waals surface area contributed by atoms with Crippen LogP contribution in [0.2, 0.25) is 0 Å². The van der Waals surface area contributed by atoms with E-state index >= 15 is 0 Å². The average Bonchev–Trinajstić information content (AvgIpc) is 2.79. The number of pyridine rings is 1. The van der Waals surface area contributed by atoms with E-state index in [2.05, 4.69) is 15.3 Å². The first kappa shape index (κ1) is 11.5. The van der Waals surface area contributed by atoms with Crippen molar-refractivity contribution in [1.29, 1.82) is 0 Å². The van der Waals surface area contributed by atoms with Crippen LogP contribution in [0, 0.1) is 10.1 Å². The third kappa shape index (κ3) is 3.22. The molecule has 0 spiro atoms. The second-order valence-electron chi connectivity index (χ2n) is 3.29. The molecule has 0 bridgehead atoms. The lowest BCUT2D eigenvalue weighted by Crippen LogP contribution is -2.04. The number of nitrogens with one attached hydrogen (secondary N) is 1. The van der Waals surface area contributed by atoms with Gasteiger partial charge in [-0.25, -0.2) is 4.98 Å². The van der Waals surface area contributed by atoms with Gasteiger partial charge in [0.05, 0.1) is 4.92 Å². The number of thiazole rings is 1. The highest BCUT2D eigenvalue weighted by Crippen LogP contribution is 2.24. The van der Waals surface area contributed by atoms with Gasteiger partial charge < -0.3 is 5.32 Å². The maximum absolute atomic E-state index is 10.5. The van der Waals surface area contributed by atoms with Crippen molar-refractivity contribution < 1.29 is 4.92 Å². The molecule has 0 aliphatic rings. The van der Waals surface area contributed by atoms with E-state index in [9.17, 15) is 10.1 Å². The zero-order valence-electron chi connectivity index (χ0n) is 8.87. The van der Waals surface area contributed by atoms with Crippen molar-refractivity contribution in [2.75, 3.05) is 11.9 Å². The zero-order valence-corrected chi connectivity index (χ0v) is 9.68. The van der Waals surface area contributed by atoms with Crippen LogP contribution in [0.15, 0.2) is 30.7 Å². The fourth-order valence-corrected chi connectivity index (χ4v) is 1.95. The second-order valence-corrected chi connectivity index (χ2v) is 4.30. The molecule has 2 rings (SSSR count). The summed E-state index contributed by atoms with van der Waals surface area (Å²) in [6.07, 6.45) is 5.57. The molecule has 0 fully saturated rings. The van der Waals surface area contributed by atoms with Crippen LogP contribution in [0.5, 0.6) is 0 Å². The maximum atomic E-state index is 10.5. The lowest BCUT2D eigenvalue weighted by Gasteiger charge is -2.01. The molecule has 2 aromatic heterocycles. The molecule has 2 heterocycles. The molecule has 6 nitrogen and oxygen atoms in total. The summed E-state index contributed by atoms with van der Waals surface area (Å²) in [4.78, 5) is 17.9. The van der Waals surface area contributed by atoms with Gasteiger partial charge in [0.1, 0.15) is 6.20 Å². The van der Waals surface area contributed by atoms with Crippen molar-refractivity contribution in [3.8, 4) is 0 Å². The molecule has 7 heteroatoms. The Morgan fingerprint density at radius 3 is 2.82 bits per heavy atom. The minimum absolute atomic E-state index is 0.0522. The van der Waals surface area contributed by atoms with E-state index in [-0.39, 0.29) is 5.00 Å². The van der Waals surface area contributed by atoms with Crippen molar-refractivity contribution in [2.24, 2.45) is 0 Å². The quantitative estimate of drug-likeness (QED) is 0.649. The molecule has 1 N–H and O–H groups in total. The third-order valence-electron chi connectivity index (χ3n) is 2.11. The predicted molar refractivity (Wildman–Crippen MR) is 65.2 cm³/mol. The molecular weight excluding hydrogens is 240 g/mol. The summed E-state index contributed by atoms with van der Waals surface area (Å²) in [5, 5.41) is 14.1. The van der Waals surface area contributed by atoms with Crippen LogP contribution >= 0.6 is 11.3 Å². The van der Waals surface area contributed by atoms with Crippen LogP contribution in [0.4, 0.5) is 10.1 Å². The number of anilines is 1. The Morgan fingerprint density at radius 1 is 1.41 bits per heavy atom. The fraction of sp³-hybridized carbons (Fsp3) is 0.200. The van der Waals surface area contributed by atoms with E-state index in [1.165, 1.54) is 11.8 Å². The number of hydrogen-bond acceptors (Lipinski definition) is 6. The van der Waals surface area contributed by atoms with Gasteiger partial charge in [-0.1, -0.05) is 0 Å². The van der Waals surface area contributed by atoms with Crippen molar-refractivity contribution in [3.05, 3.63) is 46.4 Å². The molecular formula is C10H10N4O2S. The highest BCUT2D eigenvalue weighted by atomic mass is 32.1. The summed E-state index contributed by atoms with van der Waals surface area (Å²) in [6, 6.07) is 3.87. The first-order chi connectivity index (χ1) is 8.25. The molecule has 0 aliphatic heterocycles. The number of aromatic nitrogens is 2. The minimum atomic E-state index is -0.439. The van der Waals surface area contributed by atoms with E-state index in [4.69, 9.17) is 0 Å². The largest absolute Gasteiger partial charge is 0.361 e. The standard InChI is InChI=1S/C10H10N4O2S/c15-14(16)9-7-13-10(17-9)12-6-3-8-1-4-11-5-2-8/h1-2,4-5,7H,3,6H2,(H,12,13). The van der Waals surface area contributed by atoms with Gasteiger partial charge in [-0.2, -0.15) is 0 Å². The molecule has 0 saturated heterocycles. The van der Waals surface area contributed by atoms with Crippen LogP contribution < -0.4 is 5.32 Å². The summed E-state index contributed by atoms with van der Waals surface area (Å²) in [5.41, 5.74) is 1.17. The lowest BCUT2D eigenvalue weighted by molar-refractivity contribution is -0.380. The van der Waals surface area contributed by atoms with Crippen LogP contribution in [0.1, 0.15) is 5.56 Å². The monoisotopic (exact) mass is 250 g/mol. The lowest BCUT2D eigenvalue weighted by atomic mass is 10.2. The molecule has 17 heavy (non-hydrogen) atoms. The Morgan fingerprint density at radius 2 is 2.18 bits per heavy atom. The summed E-state index contributed by atoms with van der Waals surface area (Å²) < 4.78 is 0.